The van der Waals surface area contributed by atoms with E-state index in [9.17, 15) is 13.2 Å². The fourth-order valence-electron chi connectivity index (χ4n) is 4.83. The molecule has 1 atom stereocenters. The van der Waals surface area contributed by atoms with Crippen molar-refractivity contribution in [1.29, 1.82) is 0 Å². The molecule has 1 spiro atoms. The van der Waals surface area contributed by atoms with Crippen LogP contribution >= 0.6 is 12.4 Å². The molecule has 1 aromatic rings. The molecule has 3 heterocycles. The lowest BCUT2D eigenvalue weighted by Gasteiger charge is -2.39. The van der Waals surface area contributed by atoms with Crippen LogP contribution in [0.15, 0.2) is 18.2 Å². The number of amides is 1. The molecule has 0 saturated carbocycles. The zero-order valence-corrected chi connectivity index (χ0v) is 17.5. The van der Waals surface area contributed by atoms with Gasteiger partial charge in [0, 0.05) is 31.2 Å². The van der Waals surface area contributed by atoms with E-state index in [0.717, 1.165) is 44.6 Å². The number of piperidine rings is 1. The van der Waals surface area contributed by atoms with Gasteiger partial charge >= 0.3 is 0 Å². The van der Waals surface area contributed by atoms with Crippen molar-refractivity contribution in [3.63, 3.8) is 0 Å². The Morgan fingerprint density at radius 1 is 1.22 bits per heavy atom. The van der Waals surface area contributed by atoms with Crippen molar-refractivity contribution >= 4 is 34.0 Å². The van der Waals surface area contributed by atoms with E-state index in [-0.39, 0.29) is 24.4 Å². The first-order chi connectivity index (χ1) is 12.3. The van der Waals surface area contributed by atoms with Gasteiger partial charge in [0.15, 0.2) is 0 Å². The predicted octanol–water partition coefficient (Wildman–Crippen LogP) is 2.03. The molecule has 2 fully saturated rings. The Morgan fingerprint density at radius 3 is 2.52 bits per heavy atom. The number of fused-ring (bicyclic) bond motifs is 1. The van der Waals surface area contributed by atoms with Crippen LogP contribution in [0.4, 0.5) is 5.69 Å². The van der Waals surface area contributed by atoms with E-state index >= 15 is 0 Å². The molecule has 1 unspecified atom stereocenters. The SMILES string of the molecule is CC1Cc2cc(C(=O)N3CCC4(CCNC4)CC3)ccc2N1S(C)(=O)=O.Cl. The number of hydrogen-bond acceptors (Lipinski definition) is 4. The highest BCUT2D eigenvalue weighted by atomic mass is 35.5. The highest BCUT2D eigenvalue weighted by molar-refractivity contribution is 7.92. The molecule has 1 amide bonds. The Balaban J connectivity index is 0.00000210. The summed E-state index contributed by atoms with van der Waals surface area (Å²) < 4.78 is 25.5. The second-order valence-electron chi connectivity index (χ2n) is 8.17. The monoisotopic (exact) mass is 413 g/mol. The quantitative estimate of drug-likeness (QED) is 0.805. The third-order valence-electron chi connectivity index (χ3n) is 6.28. The summed E-state index contributed by atoms with van der Waals surface area (Å²) in [5.74, 6) is 0.0686. The fourth-order valence-corrected chi connectivity index (χ4v) is 6.09. The Labute approximate surface area is 167 Å². The second-order valence-corrected chi connectivity index (χ2v) is 10.0. The Bertz CT molecular complexity index is 827. The van der Waals surface area contributed by atoms with E-state index in [4.69, 9.17) is 0 Å². The lowest BCUT2D eigenvalue weighted by atomic mass is 9.78. The summed E-state index contributed by atoms with van der Waals surface area (Å²) in [6, 6.07) is 5.36. The molecule has 1 aromatic carbocycles. The number of carbonyl (C=O) groups excluding carboxylic acids is 1. The molecule has 0 radical (unpaired) electrons. The average molecular weight is 414 g/mol. The highest BCUT2D eigenvalue weighted by Gasteiger charge is 2.38. The number of carbonyl (C=O) groups is 1. The van der Waals surface area contributed by atoms with Gasteiger partial charge in [0.25, 0.3) is 5.91 Å². The van der Waals surface area contributed by atoms with Gasteiger partial charge in [0.05, 0.1) is 11.9 Å². The maximum Gasteiger partial charge on any atom is 0.253 e. The van der Waals surface area contributed by atoms with Crippen LogP contribution in [-0.4, -0.2) is 57.7 Å². The van der Waals surface area contributed by atoms with Gasteiger partial charge in [0.2, 0.25) is 10.0 Å². The van der Waals surface area contributed by atoms with Crippen molar-refractivity contribution < 1.29 is 13.2 Å². The van der Waals surface area contributed by atoms with E-state index in [1.165, 1.54) is 17.0 Å². The summed E-state index contributed by atoms with van der Waals surface area (Å²) in [5, 5.41) is 3.45. The van der Waals surface area contributed by atoms with Crippen LogP contribution in [0, 0.1) is 5.41 Å². The zero-order valence-electron chi connectivity index (χ0n) is 15.9. The minimum absolute atomic E-state index is 0. The number of nitrogens with zero attached hydrogens (tertiary/aromatic N) is 2. The predicted molar refractivity (Wildman–Crippen MR) is 109 cm³/mol. The van der Waals surface area contributed by atoms with Gasteiger partial charge in [-0.3, -0.25) is 9.10 Å². The Hall–Kier alpha value is -1.31. The number of sulfonamides is 1. The van der Waals surface area contributed by atoms with Crippen LogP contribution in [0.25, 0.3) is 0 Å². The number of rotatable bonds is 2. The van der Waals surface area contributed by atoms with E-state index in [1.807, 2.05) is 17.9 Å². The van der Waals surface area contributed by atoms with Crippen LogP contribution in [0.1, 0.15) is 42.1 Å². The average Bonchev–Trinajstić information content (AvgIpc) is 3.17. The zero-order chi connectivity index (χ0) is 18.5. The topological polar surface area (TPSA) is 69.7 Å². The number of hydrogen-bond donors (Lipinski definition) is 1. The van der Waals surface area contributed by atoms with E-state index in [0.29, 0.717) is 23.1 Å². The third-order valence-corrected chi connectivity index (χ3v) is 7.55. The molecule has 27 heavy (non-hydrogen) atoms. The van der Waals surface area contributed by atoms with Gasteiger partial charge in [-0.05, 0) is 68.3 Å². The normalized spacial score (nSPS) is 24.0. The van der Waals surface area contributed by atoms with Crippen LogP contribution in [0.3, 0.4) is 0 Å². The number of likely N-dealkylation sites (tertiary alicyclic amines) is 1. The molecule has 150 valence electrons. The molecule has 0 aliphatic carbocycles. The van der Waals surface area contributed by atoms with Crippen LogP contribution in [0.5, 0.6) is 0 Å². The van der Waals surface area contributed by atoms with Crippen LogP contribution in [-0.2, 0) is 16.4 Å². The molecule has 6 nitrogen and oxygen atoms in total. The number of anilines is 1. The van der Waals surface area contributed by atoms with Crippen molar-refractivity contribution in [2.45, 2.75) is 38.6 Å². The molecule has 0 bridgehead atoms. The molecular formula is C19H28ClN3O3S. The second kappa shape index (κ2) is 7.26. The van der Waals surface area contributed by atoms with Gasteiger partial charge in [-0.15, -0.1) is 12.4 Å². The van der Waals surface area contributed by atoms with Crippen molar-refractivity contribution in [1.82, 2.24) is 10.2 Å². The highest BCUT2D eigenvalue weighted by Crippen LogP contribution is 2.38. The lowest BCUT2D eigenvalue weighted by Crippen LogP contribution is -2.44. The van der Waals surface area contributed by atoms with Crippen molar-refractivity contribution in [3.8, 4) is 0 Å². The molecule has 4 rings (SSSR count). The first-order valence-electron chi connectivity index (χ1n) is 9.41. The fraction of sp³-hybridized carbons (Fsp3) is 0.632. The maximum absolute atomic E-state index is 12.9. The molecule has 3 aliphatic heterocycles. The van der Waals surface area contributed by atoms with E-state index in [1.54, 1.807) is 12.1 Å². The molecule has 3 aliphatic rings. The Kier molecular flexibility index (Phi) is 5.49. The Morgan fingerprint density at radius 2 is 1.93 bits per heavy atom. The molecule has 8 heteroatoms. The maximum atomic E-state index is 12.9. The van der Waals surface area contributed by atoms with Gasteiger partial charge in [-0.25, -0.2) is 8.42 Å². The minimum atomic E-state index is -3.30. The standard InChI is InChI=1S/C19H27N3O3S.ClH/c1-14-11-16-12-15(3-4-17(16)22(14)26(2,24)25)18(23)21-9-6-19(7-10-21)5-8-20-13-19;/h3-4,12,14,20H,5-11,13H2,1-2H3;1H. The molecule has 1 N–H and O–H groups in total. The number of nitrogens with one attached hydrogen (secondary N) is 1. The number of halogens is 1. The van der Waals surface area contributed by atoms with Gasteiger partial charge in [-0.1, -0.05) is 0 Å². The minimum Gasteiger partial charge on any atom is -0.339 e. The molecule has 2 saturated heterocycles. The van der Waals surface area contributed by atoms with Crippen LogP contribution in [0.2, 0.25) is 0 Å². The summed E-state index contributed by atoms with van der Waals surface area (Å²) >= 11 is 0. The van der Waals surface area contributed by atoms with Crippen LogP contribution < -0.4 is 9.62 Å². The number of benzene rings is 1. The summed E-state index contributed by atoms with van der Waals surface area (Å²) in [6.45, 7) is 5.69. The largest absolute Gasteiger partial charge is 0.339 e. The van der Waals surface area contributed by atoms with Gasteiger partial charge in [0.1, 0.15) is 0 Å². The summed E-state index contributed by atoms with van der Waals surface area (Å²) in [7, 11) is -3.30. The van der Waals surface area contributed by atoms with E-state index in [2.05, 4.69) is 5.32 Å². The van der Waals surface area contributed by atoms with Crippen molar-refractivity contribution in [2.24, 2.45) is 5.41 Å². The third kappa shape index (κ3) is 3.69. The lowest BCUT2D eigenvalue weighted by molar-refractivity contribution is 0.0607. The summed E-state index contributed by atoms with van der Waals surface area (Å²) in [4.78, 5) is 14.9. The van der Waals surface area contributed by atoms with Gasteiger partial charge < -0.3 is 10.2 Å². The molecular weight excluding hydrogens is 386 g/mol. The smallest absolute Gasteiger partial charge is 0.253 e. The van der Waals surface area contributed by atoms with Crippen molar-refractivity contribution in [3.05, 3.63) is 29.3 Å². The van der Waals surface area contributed by atoms with Gasteiger partial charge in [-0.2, -0.15) is 0 Å². The first-order valence-corrected chi connectivity index (χ1v) is 11.3. The summed E-state index contributed by atoms with van der Waals surface area (Å²) in [6.07, 6.45) is 5.23. The van der Waals surface area contributed by atoms with E-state index < -0.39 is 10.0 Å². The molecule has 0 aromatic heterocycles. The summed E-state index contributed by atoms with van der Waals surface area (Å²) in [5.41, 5.74) is 2.72. The first kappa shape index (κ1) is 20.4. The van der Waals surface area contributed by atoms with Crippen molar-refractivity contribution in [2.75, 3.05) is 36.7 Å².